The molecule has 1 amide bonds. The van der Waals surface area contributed by atoms with Crippen LogP contribution in [0.3, 0.4) is 0 Å². The topological polar surface area (TPSA) is 58.6 Å². The van der Waals surface area contributed by atoms with Crippen molar-refractivity contribution in [3.63, 3.8) is 0 Å². The molecule has 1 aliphatic rings. The van der Waals surface area contributed by atoms with E-state index in [9.17, 15) is 4.79 Å². The summed E-state index contributed by atoms with van der Waals surface area (Å²) in [6, 6.07) is 0. The first-order valence-electron chi connectivity index (χ1n) is 5.26. The number of hydrogen-bond donors (Lipinski definition) is 0. The van der Waals surface area contributed by atoms with Crippen molar-refractivity contribution in [3.8, 4) is 0 Å². The highest BCUT2D eigenvalue weighted by molar-refractivity contribution is 9.10. The molecule has 0 bridgehead atoms. The first-order chi connectivity index (χ1) is 8.20. The number of halogens is 1. The monoisotopic (exact) mass is 300 g/mol. The van der Waals surface area contributed by atoms with Crippen molar-refractivity contribution >= 4 is 28.0 Å². The maximum Gasteiger partial charge on any atom is 0.409 e. The van der Waals surface area contributed by atoms with E-state index in [4.69, 9.17) is 0 Å². The highest BCUT2D eigenvalue weighted by atomic mass is 79.9. The molecule has 0 saturated carbocycles. The summed E-state index contributed by atoms with van der Waals surface area (Å²) in [5.41, 5.74) is 0. The van der Waals surface area contributed by atoms with Gasteiger partial charge in [-0.15, -0.1) is 0 Å². The number of anilines is 1. The molecule has 2 rings (SSSR count). The van der Waals surface area contributed by atoms with Crippen molar-refractivity contribution in [2.24, 2.45) is 0 Å². The largest absolute Gasteiger partial charge is 0.453 e. The Balaban J connectivity index is 1.95. The van der Waals surface area contributed by atoms with Crippen molar-refractivity contribution in [1.29, 1.82) is 0 Å². The molecule has 1 saturated heterocycles. The maximum absolute atomic E-state index is 11.3. The summed E-state index contributed by atoms with van der Waals surface area (Å²) < 4.78 is 5.53. The van der Waals surface area contributed by atoms with Gasteiger partial charge in [-0.3, -0.25) is 0 Å². The van der Waals surface area contributed by atoms with Crippen LogP contribution in [0.1, 0.15) is 0 Å². The van der Waals surface area contributed by atoms with E-state index in [0.29, 0.717) is 19.0 Å². The molecule has 0 N–H and O–H groups in total. The number of piperazine rings is 1. The zero-order valence-electron chi connectivity index (χ0n) is 9.47. The summed E-state index contributed by atoms with van der Waals surface area (Å²) in [6.07, 6.45) is 3.16. The van der Waals surface area contributed by atoms with Crippen LogP contribution < -0.4 is 4.90 Å². The van der Waals surface area contributed by atoms with Crippen LogP contribution in [0.2, 0.25) is 0 Å². The van der Waals surface area contributed by atoms with E-state index < -0.39 is 0 Å². The van der Waals surface area contributed by atoms with E-state index in [1.807, 2.05) is 4.90 Å². The van der Waals surface area contributed by atoms with Gasteiger partial charge in [0.2, 0.25) is 5.95 Å². The summed E-state index contributed by atoms with van der Waals surface area (Å²) in [7, 11) is 1.40. The molecule has 1 fully saturated rings. The van der Waals surface area contributed by atoms with Gasteiger partial charge in [0.05, 0.1) is 11.6 Å². The molecule has 1 aromatic heterocycles. The Morgan fingerprint density at radius 1 is 1.29 bits per heavy atom. The van der Waals surface area contributed by atoms with Gasteiger partial charge in [0, 0.05) is 38.6 Å². The molecule has 0 aromatic carbocycles. The fraction of sp³-hybridized carbons (Fsp3) is 0.500. The number of hydrogen-bond acceptors (Lipinski definition) is 5. The minimum atomic E-state index is -0.277. The summed E-state index contributed by atoms with van der Waals surface area (Å²) in [5.74, 6) is 0.692. The lowest BCUT2D eigenvalue weighted by molar-refractivity contribution is 0.121. The van der Waals surface area contributed by atoms with Gasteiger partial charge < -0.3 is 14.5 Å². The third-order valence-corrected chi connectivity index (χ3v) is 3.01. The van der Waals surface area contributed by atoms with E-state index in [1.54, 1.807) is 17.3 Å². The Kier molecular flexibility index (Phi) is 3.78. The Morgan fingerprint density at radius 3 is 2.41 bits per heavy atom. The fourth-order valence-corrected chi connectivity index (χ4v) is 1.89. The van der Waals surface area contributed by atoms with Crippen LogP contribution in [-0.4, -0.2) is 54.2 Å². The minimum absolute atomic E-state index is 0.277. The van der Waals surface area contributed by atoms with Gasteiger partial charge in [0.1, 0.15) is 0 Å². The zero-order valence-corrected chi connectivity index (χ0v) is 11.1. The van der Waals surface area contributed by atoms with Crippen molar-refractivity contribution < 1.29 is 9.53 Å². The average molecular weight is 301 g/mol. The van der Waals surface area contributed by atoms with Crippen LogP contribution in [-0.2, 0) is 4.74 Å². The van der Waals surface area contributed by atoms with E-state index in [1.165, 1.54) is 7.11 Å². The van der Waals surface area contributed by atoms with Gasteiger partial charge >= 0.3 is 6.09 Å². The summed E-state index contributed by atoms with van der Waals surface area (Å²) in [6.45, 7) is 2.70. The smallest absolute Gasteiger partial charge is 0.409 e. The second kappa shape index (κ2) is 5.31. The van der Waals surface area contributed by atoms with Gasteiger partial charge in [-0.2, -0.15) is 0 Å². The first-order valence-corrected chi connectivity index (χ1v) is 6.05. The third-order valence-electron chi connectivity index (χ3n) is 2.60. The molecule has 7 heteroatoms. The van der Waals surface area contributed by atoms with Crippen molar-refractivity contribution in [1.82, 2.24) is 14.9 Å². The van der Waals surface area contributed by atoms with Crippen LogP contribution in [0, 0.1) is 0 Å². The molecule has 6 nitrogen and oxygen atoms in total. The van der Waals surface area contributed by atoms with Crippen LogP contribution >= 0.6 is 15.9 Å². The SMILES string of the molecule is COC(=O)N1CCN(c2ncc(Br)cn2)CC1. The first kappa shape index (κ1) is 12.1. The summed E-state index contributed by atoms with van der Waals surface area (Å²) in [5, 5.41) is 0. The van der Waals surface area contributed by atoms with Crippen LogP contribution in [0.25, 0.3) is 0 Å². The second-order valence-corrected chi connectivity index (χ2v) is 4.56. The van der Waals surface area contributed by atoms with E-state index in [0.717, 1.165) is 17.6 Å². The van der Waals surface area contributed by atoms with Crippen LogP contribution in [0.4, 0.5) is 10.7 Å². The molecule has 0 aliphatic carbocycles. The zero-order chi connectivity index (χ0) is 12.3. The van der Waals surface area contributed by atoms with Crippen molar-refractivity contribution in [2.75, 3.05) is 38.2 Å². The Hall–Kier alpha value is -1.37. The number of rotatable bonds is 1. The normalized spacial score (nSPS) is 15.9. The standard InChI is InChI=1S/C10H13BrN4O2/c1-17-10(16)15-4-2-14(3-5-15)9-12-6-8(11)7-13-9/h6-7H,2-5H2,1H3. The molecule has 0 unspecified atom stereocenters. The van der Waals surface area contributed by atoms with Crippen molar-refractivity contribution in [2.45, 2.75) is 0 Å². The number of nitrogens with zero attached hydrogens (tertiary/aromatic N) is 4. The van der Waals surface area contributed by atoms with E-state index in [-0.39, 0.29) is 6.09 Å². The predicted molar refractivity (Wildman–Crippen MR) is 65.9 cm³/mol. The highest BCUT2D eigenvalue weighted by Gasteiger charge is 2.22. The Bertz CT molecular complexity index is 390. The van der Waals surface area contributed by atoms with Gasteiger partial charge in [-0.05, 0) is 15.9 Å². The van der Waals surface area contributed by atoms with E-state index in [2.05, 4.69) is 30.6 Å². The molecule has 0 spiro atoms. The van der Waals surface area contributed by atoms with E-state index >= 15 is 0 Å². The third kappa shape index (κ3) is 2.85. The van der Waals surface area contributed by atoms with Crippen molar-refractivity contribution in [3.05, 3.63) is 16.9 Å². The number of aromatic nitrogens is 2. The lowest BCUT2D eigenvalue weighted by Crippen LogP contribution is -2.49. The van der Waals surface area contributed by atoms with Crippen LogP contribution in [0.15, 0.2) is 16.9 Å². The second-order valence-electron chi connectivity index (χ2n) is 3.65. The summed E-state index contributed by atoms with van der Waals surface area (Å²) in [4.78, 5) is 23.5. The average Bonchev–Trinajstić information content (AvgIpc) is 2.39. The molecule has 92 valence electrons. The number of carbonyl (C=O) groups is 1. The molecule has 17 heavy (non-hydrogen) atoms. The van der Waals surface area contributed by atoms with Gasteiger partial charge in [0.25, 0.3) is 0 Å². The van der Waals surface area contributed by atoms with Gasteiger partial charge in [-0.1, -0.05) is 0 Å². The summed E-state index contributed by atoms with van der Waals surface area (Å²) >= 11 is 3.29. The highest BCUT2D eigenvalue weighted by Crippen LogP contribution is 2.13. The maximum atomic E-state index is 11.3. The molecular formula is C10H13BrN4O2. The van der Waals surface area contributed by atoms with Crippen LogP contribution in [0.5, 0.6) is 0 Å². The molecular weight excluding hydrogens is 288 g/mol. The molecule has 0 atom stereocenters. The Morgan fingerprint density at radius 2 is 1.88 bits per heavy atom. The predicted octanol–water partition coefficient (Wildman–Crippen LogP) is 1.13. The molecule has 1 aliphatic heterocycles. The Labute approximate surface area is 108 Å². The fourth-order valence-electron chi connectivity index (χ4n) is 1.69. The number of methoxy groups -OCH3 is 1. The quantitative estimate of drug-likeness (QED) is 0.778. The van der Waals surface area contributed by atoms with Gasteiger partial charge in [-0.25, -0.2) is 14.8 Å². The lowest BCUT2D eigenvalue weighted by atomic mass is 10.3. The van der Waals surface area contributed by atoms with Gasteiger partial charge in [0.15, 0.2) is 0 Å². The molecule has 1 aromatic rings. The molecule has 0 radical (unpaired) electrons. The number of ether oxygens (including phenoxy) is 1. The number of amides is 1. The number of carbonyl (C=O) groups excluding carboxylic acids is 1. The lowest BCUT2D eigenvalue weighted by Gasteiger charge is -2.33. The molecule has 2 heterocycles. The minimum Gasteiger partial charge on any atom is -0.453 e.